The van der Waals surface area contributed by atoms with E-state index >= 15 is 0 Å². The standard InChI is InChI=1S/C26H35N5O3S/c1-26-14-21(25(33)30-16-20-13-18(17-35-20)24(27)28-2)31(22(26)15-26)11-10-29-23(32)9-6-12-34-19-7-4-3-5-8-19/h3-5,7-8,13,17,21-22H,6,9-12,14-16H2,1-2H3,(H2,27,28)(H,29,32)(H,30,33)/t21-,22-,26+/m0/s1. The van der Waals surface area contributed by atoms with Crippen molar-refractivity contribution in [3.05, 3.63) is 52.2 Å². The van der Waals surface area contributed by atoms with Gasteiger partial charge in [0.05, 0.1) is 19.2 Å². The number of amidine groups is 1. The van der Waals surface area contributed by atoms with Gasteiger partial charge in [-0.25, -0.2) is 0 Å². The number of nitrogens with two attached hydrogens (primary N) is 1. The van der Waals surface area contributed by atoms with Crippen LogP contribution in [0.5, 0.6) is 5.75 Å². The van der Waals surface area contributed by atoms with Crippen LogP contribution >= 0.6 is 11.3 Å². The van der Waals surface area contributed by atoms with Crippen LogP contribution in [0.2, 0.25) is 0 Å². The second-order valence-electron chi connectivity index (χ2n) is 9.58. The Morgan fingerprint density at radius 3 is 2.83 bits per heavy atom. The number of piperidine rings is 1. The van der Waals surface area contributed by atoms with Gasteiger partial charge < -0.3 is 21.1 Å². The zero-order valence-corrected chi connectivity index (χ0v) is 21.3. The minimum Gasteiger partial charge on any atom is -0.494 e. The maximum absolute atomic E-state index is 13.0. The molecule has 2 heterocycles. The first-order valence-corrected chi connectivity index (χ1v) is 13.1. The number of aliphatic imine (C=N–C) groups is 1. The summed E-state index contributed by atoms with van der Waals surface area (Å²) in [6, 6.07) is 11.8. The fourth-order valence-electron chi connectivity index (χ4n) is 4.83. The fraction of sp³-hybridized carbons (Fsp3) is 0.500. The quantitative estimate of drug-likeness (QED) is 0.237. The zero-order valence-electron chi connectivity index (χ0n) is 20.5. The number of amides is 2. The summed E-state index contributed by atoms with van der Waals surface area (Å²) in [4.78, 5) is 32.6. The van der Waals surface area contributed by atoms with E-state index in [1.54, 1.807) is 18.4 Å². The van der Waals surface area contributed by atoms with Crippen molar-refractivity contribution in [2.45, 2.75) is 51.2 Å². The smallest absolute Gasteiger partial charge is 0.237 e. The van der Waals surface area contributed by atoms with E-state index in [0.29, 0.717) is 51.0 Å². The molecule has 1 aromatic carbocycles. The minimum absolute atomic E-state index is 0.0174. The summed E-state index contributed by atoms with van der Waals surface area (Å²) in [7, 11) is 1.66. The highest BCUT2D eigenvalue weighted by Crippen LogP contribution is 2.58. The number of likely N-dealkylation sites (tertiary alicyclic amines) is 1. The second-order valence-corrected chi connectivity index (χ2v) is 10.6. The second kappa shape index (κ2) is 11.2. The van der Waals surface area contributed by atoms with E-state index in [4.69, 9.17) is 10.5 Å². The summed E-state index contributed by atoms with van der Waals surface area (Å²) in [5, 5.41) is 8.06. The fourth-order valence-corrected chi connectivity index (χ4v) is 5.65. The molecule has 0 bridgehead atoms. The number of rotatable bonds is 12. The first-order valence-electron chi connectivity index (χ1n) is 12.2. The van der Waals surface area contributed by atoms with Crippen LogP contribution in [0.1, 0.15) is 43.0 Å². The van der Waals surface area contributed by atoms with E-state index in [-0.39, 0.29) is 23.3 Å². The third-order valence-electron chi connectivity index (χ3n) is 6.95. The Morgan fingerprint density at radius 2 is 2.06 bits per heavy atom. The summed E-state index contributed by atoms with van der Waals surface area (Å²) < 4.78 is 5.64. The highest BCUT2D eigenvalue weighted by atomic mass is 32.1. The maximum Gasteiger partial charge on any atom is 0.237 e. The lowest BCUT2D eigenvalue weighted by molar-refractivity contribution is -0.126. The van der Waals surface area contributed by atoms with Crippen LogP contribution in [-0.2, 0) is 16.1 Å². The summed E-state index contributed by atoms with van der Waals surface area (Å²) in [6.45, 7) is 4.46. The number of fused-ring (bicyclic) bond motifs is 1. The first-order chi connectivity index (χ1) is 16.9. The topological polar surface area (TPSA) is 109 Å². The number of benzene rings is 1. The van der Waals surface area contributed by atoms with Crippen LogP contribution in [0, 0.1) is 5.41 Å². The maximum atomic E-state index is 13.0. The Morgan fingerprint density at radius 1 is 1.26 bits per heavy atom. The molecule has 1 aromatic heterocycles. The lowest BCUT2D eigenvalue weighted by Gasteiger charge is -2.26. The van der Waals surface area contributed by atoms with Gasteiger partial charge in [-0.3, -0.25) is 19.5 Å². The van der Waals surface area contributed by atoms with E-state index in [2.05, 4.69) is 27.4 Å². The normalized spacial score (nSPS) is 23.5. The summed E-state index contributed by atoms with van der Waals surface area (Å²) >= 11 is 1.57. The van der Waals surface area contributed by atoms with E-state index in [9.17, 15) is 9.59 Å². The van der Waals surface area contributed by atoms with Gasteiger partial charge in [-0.2, -0.15) is 0 Å². The zero-order chi connectivity index (χ0) is 24.8. The molecule has 4 N–H and O–H groups in total. The Labute approximate surface area is 210 Å². The van der Waals surface area contributed by atoms with Crippen molar-refractivity contribution in [1.29, 1.82) is 0 Å². The largest absolute Gasteiger partial charge is 0.494 e. The van der Waals surface area contributed by atoms with Crippen LogP contribution in [0.15, 0.2) is 46.8 Å². The molecule has 0 spiro atoms. The third-order valence-corrected chi connectivity index (χ3v) is 7.88. The van der Waals surface area contributed by atoms with Gasteiger partial charge in [-0.1, -0.05) is 25.1 Å². The van der Waals surface area contributed by atoms with Crippen molar-refractivity contribution in [1.82, 2.24) is 15.5 Å². The predicted molar refractivity (Wildman–Crippen MR) is 139 cm³/mol. The Balaban J connectivity index is 1.18. The Hall–Kier alpha value is -2.91. The molecule has 1 saturated carbocycles. The van der Waals surface area contributed by atoms with Crippen molar-refractivity contribution in [2.75, 3.05) is 26.7 Å². The molecule has 1 aliphatic carbocycles. The van der Waals surface area contributed by atoms with E-state index in [0.717, 1.165) is 29.0 Å². The van der Waals surface area contributed by atoms with Crippen molar-refractivity contribution in [3.63, 3.8) is 0 Å². The SMILES string of the molecule is CN=C(N)c1csc(CNC(=O)[C@@H]2C[C@]3(C)C[C@@H]3N2CCNC(=O)CCCOc2ccccc2)c1. The summed E-state index contributed by atoms with van der Waals surface area (Å²) in [5.74, 6) is 1.38. The van der Waals surface area contributed by atoms with Crippen LogP contribution in [0.3, 0.4) is 0 Å². The third kappa shape index (κ3) is 6.41. The molecule has 188 valence electrons. The highest BCUT2D eigenvalue weighted by Gasteiger charge is 2.62. The molecule has 35 heavy (non-hydrogen) atoms. The van der Waals surface area contributed by atoms with Gasteiger partial charge in [0, 0.05) is 48.4 Å². The number of hydrogen-bond acceptors (Lipinski definition) is 6. The van der Waals surface area contributed by atoms with Gasteiger partial charge in [-0.05, 0) is 42.9 Å². The van der Waals surface area contributed by atoms with Crippen LogP contribution < -0.4 is 21.1 Å². The molecular formula is C26H35N5O3S. The van der Waals surface area contributed by atoms with Crippen molar-refractivity contribution >= 4 is 29.0 Å². The van der Waals surface area contributed by atoms with Crippen molar-refractivity contribution in [3.8, 4) is 5.75 Å². The molecule has 9 heteroatoms. The first kappa shape index (κ1) is 25.2. The molecule has 3 atom stereocenters. The molecule has 4 rings (SSSR count). The molecule has 0 radical (unpaired) electrons. The monoisotopic (exact) mass is 497 g/mol. The van der Waals surface area contributed by atoms with Gasteiger partial charge in [0.15, 0.2) is 0 Å². The van der Waals surface area contributed by atoms with Gasteiger partial charge in [0.25, 0.3) is 0 Å². The molecule has 8 nitrogen and oxygen atoms in total. The summed E-state index contributed by atoms with van der Waals surface area (Å²) in [5.41, 5.74) is 6.97. The average molecular weight is 498 g/mol. The van der Waals surface area contributed by atoms with Gasteiger partial charge in [0.2, 0.25) is 11.8 Å². The Bertz CT molecular complexity index is 1060. The molecule has 2 fully saturated rings. The highest BCUT2D eigenvalue weighted by molar-refractivity contribution is 7.10. The molecular weight excluding hydrogens is 462 g/mol. The Kier molecular flexibility index (Phi) is 8.07. The number of para-hydroxylation sites is 1. The lowest BCUT2D eigenvalue weighted by Crippen LogP contribution is -2.47. The minimum atomic E-state index is -0.156. The van der Waals surface area contributed by atoms with Crippen LogP contribution in [0.4, 0.5) is 0 Å². The predicted octanol–water partition coefficient (Wildman–Crippen LogP) is 2.53. The molecule has 2 aliphatic rings. The number of thiophene rings is 1. The van der Waals surface area contributed by atoms with Crippen molar-refractivity contribution in [2.24, 2.45) is 16.1 Å². The van der Waals surface area contributed by atoms with Gasteiger partial charge >= 0.3 is 0 Å². The van der Waals surface area contributed by atoms with E-state index < -0.39 is 0 Å². The lowest BCUT2D eigenvalue weighted by atomic mass is 10.0. The van der Waals surface area contributed by atoms with E-state index in [1.807, 2.05) is 41.8 Å². The summed E-state index contributed by atoms with van der Waals surface area (Å²) in [6.07, 6.45) is 3.06. The number of carbonyl (C=O) groups is 2. The number of nitrogens with one attached hydrogen (secondary N) is 2. The van der Waals surface area contributed by atoms with Crippen LogP contribution in [-0.4, -0.2) is 61.4 Å². The molecule has 0 unspecified atom stereocenters. The van der Waals surface area contributed by atoms with Crippen molar-refractivity contribution < 1.29 is 14.3 Å². The number of carbonyl (C=O) groups excluding carboxylic acids is 2. The van der Waals surface area contributed by atoms with Gasteiger partial charge in [0.1, 0.15) is 11.6 Å². The molecule has 2 aromatic rings. The number of ether oxygens (including phenoxy) is 1. The van der Waals surface area contributed by atoms with Gasteiger partial charge in [-0.15, -0.1) is 11.3 Å². The number of nitrogens with zero attached hydrogens (tertiary/aromatic N) is 2. The van der Waals surface area contributed by atoms with Crippen LogP contribution in [0.25, 0.3) is 0 Å². The number of hydrogen-bond donors (Lipinski definition) is 3. The molecule has 1 saturated heterocycles. The van der Waals surface area contributed by atoms with E-state index in [1.165, 1.54) is 0 Å². The molecule has 2 amide bonds. The average Bonchev–Trinajstić information content (AvgIpc) is 3.18. The molecule has 1 aliphatic heterocycles.